The Morgan fingerprint density at radius 3 is 1.62 bits per heavy atom. The number of hydrogen-bond acceptors (Lipinski definition) is 9. The van der Waals surface area contributed by atoms with E-state index in [1.54, 1.807) is 40.7 Å². The number of Topliss-reactive ketones (excluding diaryl/α,β-unsaturated/α-hetero) is 2. The van der Waals surface area contributed by atoms with Crippen molar-refractivity contribution in [3.8, 4) is 0 Å². The predicted molar refractivity (Wildman–Crippen MR) is 316 cm³/mol. The van der Waals surface area contributed by atoms with E-state index in [1.165, 1.54) is 11.6 Å². The van der Waals surface area contributed by atoms with E-state index in [0.717, 1.165) is 52.9 Å². The molecule has 9 unspecified atom stereocenters. The topological polar surface area (TPSA) is 139 Å². The molecule has 0 spiro atoms. The van der Waals surface area contributed by atoms with E-state index in [2.05, 4.69) is 101 Å². The molecule has 0 aliphatic carbocycles. The first-order valence-electron chi connectivity index (χ1n) is 27.0. The summed E-state index contributed by atoms with van der Waals surface area (Å²) >= 11 is 0. The van der Waals surface area contributed by atoms with Crippen molar-refractivity contribution in [1.82, 2.24) is 10.6 Å². The van der Waals surface area contributed by atoms with E-state index in [-0.39, 0.29) is 71.0 Å². The summed E-state index contributed by atoms with van der Waals surface area (Å²) in [7, 11) is 3.27. The maximum absolute atomic E-state index is 13.4. The molecule has 3 N–H and O–H groups in total. The van der Waals surface area contributed by atoms with Crippen LogP contribution in [0.3, 0.4) is 0 Å². The highest BCUT2D eigenvalue weighted by Crippen LogP contribution is 2.27. The van der Waals surface area contributed by atoms with E-state index in [1.807, 2.05) is 92.7 Å². The highest BCUT2D eigenvalue weighted by molar-refractivity contribution is 8.76. The molecule has 0 bridgehead atoms. The molecule has 0 saturated carbocycles. The minimum atomic E-state index is -0.852. The Hall–Kier alpha value is -4.45. The first kappa shape index (κ1) is 67.6. The number of ketones is 2. The summed E-state index contributed by atoms with van der Waals surface area (Å²) in [5.74, 6) is 1.06. The SMILES string of the molecule is C/C=C/C(C)=C\C(C)C/C=C/C(C)=C/[C@@H](C)C(=O)CC(C)[C@@H](C)C/C(C)=C/C(=O)NCCSSCCNC(=O)/C=C(\C)CC(C)C(O)C(C)C(=O)C(C)/C=C(C)/C=C/CC(C)/C=C(C)\C=C\C1OC(=O)C=CC1C. The zero-order valence-electron chi connectivity index (χ0n) is 48.2. The maximum atomic E-state index is 13.4. The summed E-state index contributed by atoms with van der Waals surface area (Å²) in [5.41, 5.74) is 6.27. The molecule has 1 aliphatic rings. The average Bonchev–Trinajstić information content (AvgIpc) is 3.31. The Morgan fingerprint density at radius 1 is 0.649 bits per heavy atom. The lowest BCUT2D eigenvalue weighted by Gasteiger charge is -2.25. The highest BCUT2D eigenvalue weighted by Gasteiger charge is 2.29. The Labute approximate surface area is 456 Å². The van der Waals surface area contributed by atoms with Gasteiger partial charge < -0.3 is 20.5 Å². The van der Waals surface area contributed by atoms with Gasteiger partial charge >= 0.3 is 5.97 Å². The van der Waals surface area contributed by atoms with Gasteiger partial charge in [-0.05, 0) is 110 Å². The Kier molecular flexibility index (Phi) is 34.1. The van der Waals surface area contributed by atoms with E-state index >= 15 is 0 Å². The summed E-state index contributed by atoms with van der Waals surface area (Å²) in [6.45, 7) is 33.2. The molecule has 11 atom stereocenters. The molecule has 74 heavy (non-hydrogen) atoms. The molecule has 412 valence electrons. The number of aliphatic hydroxyl groups is 1. The summed E-state index contributed by atoms with van der Waals surface area (Å²) in [5, 5.41) is 17.0. The molecular weight excluding hydrogens is 961 g/mol. The van der Waals surface area contributed by atoms with Gasteiger partial charge in [0.05, 0.1) is 6.10 Å². The third kappa shape index (κ3) is 30.2. The number of esters is 1. The third-order valence-corrected chi connectivity index (χ3v) is 15.7. The lowest BCUT2D eigenvalue weighted by Crippen LogP contribution is -2.34. The number of ether oxygens (including phenoxy) is 1. The van der Waals surface area contributed by atoms with Crippen LogP contribution in [-0.4, -0.2) is 71.3 Å². The molecule has 0 fully saturated rings. The van der Waals surface area contributed by atoms with E-state index in [0.29, 0.717) is 43.5 Å². The van der Waals surface area contributed by atoms with Crippen molar-refractivity contribution >= 4 is 50.9 Å². The maximum Gasteiger partial charge on any atom is 0.331 e. The van der Waals surface area contributed by atoms with Gasteiger partial charge in [-0.3, -0.25) is 19.2 Å². The van der Waals surface area contributed by atoms with Crippen molar-refractivity contribution < 1.29 is 33.8 Å². The molecule has 0 radical (unpaired) electrons. The summed E-state index contributed by atoms with van der Waals surface area (Å²) in [6, 6.07) is 0. The minimum Gasteiger partial charge on any atom is -0.454 e. The number of amides is 2. The second-order valence-electron chi connectivity index (χ2n) is 21.3. The summed E-state index contributed by atoms with van der Waals surface area (Å²) < 4.78 is 5.40. The monoisotopic (exact) mass is 1060 g/mol. The minimum absolute atomic E-state index is 0.0243. The fourth-order valence-electron chi connectivity index (χ4n) is 8.84. The number of aliphatic hydroxyl groups excluding tert-OH is 1. The van der Waals surface area contributed by atoms with Crippen LogP contribution in [0, 0.1) is 53.3 Å². The van der Waals surface area contributed by atoms with E-state index < -0.39 is 12.0 Å². The van der Waals surface area contributed by atoms with Crippen molar-refractivity contribution in [2.45, 2.75) is 155 Å². The number of carbonyl (C=O) groups is 5. The van der Waals surface area contributed by atoms with E-state index in [9.17, 15) is 29.1 Å². The van der Waals surface area contributed by atoms with Crippen LogP contribution in [0.1, 0.15) is 143 Å². The zero-order chi connectivity index (χ0) is 55.9. The lowest BCUT2D eigenvalue weighted by atomic mass is 9.83. The van der Waals surface area contributed by atoms with Crippen LogP contribution >= 0.6 is 21.6 Å². The lowest BCUT2D eigenvalue weighted by molar-refractivity contribution is -0.143. The van der Waals surface area contributed by atoms with Crippen molar-refractivity contribution in [1.29, 1.82) is 0 Å². The second-order valence-corrected chi connectivity index (χ2v) is 24.0. The van der Waals surface area contributed by atoms with Gasteiger partial charge in [-0.1, -0.05) is 190 Å². The number of cyclic esters (lactones) is 1. The standard InChI is InChI=1S/C63H96N2O7S2/c1-17-20-42(2)33-43(3)21-18-23-45(5)35-53(13)57(66)41-52(12)51(11)37-48(8)39-59(67)64-29-31-73-74-32-30-65-60(68)40-49(9)38-55(15)63(71)56(16)62(70)54(14)36-46(6)24-19-22-44(4)34-47(7)25-27-58-50(10)26-28-61(69)72-58/h17-20,23-28,33-36,39-40,43-44,50-56,58,63,71H,21-22,29-32,37-38,41H2,1-16H3,(H,64,67)(H,65,68)/b20-17+,23-18+,24-19+,27-25+,42-33-,45-35+,46-36+,47-34-,48-39+,49-40+/t43?,44?,50?,51-,52?,53+,54?,55?,56?,58?,63?/m0/s1. The van der Waals surface area contributed by atoms with Crippen molar-refractivity contribution in [3.63, 3.8) is 0 Å². The number of nitrogens with one attached hydrogen (secondary N) is 2. The van der Waals surface area contributed by atoms with Gasteiger partial charge in [0.25, 0.3) is 0 Å². The zero-order valence-corrected chi connectivity index (χ0v) is 49.8. The number of rotatable bonds is 34. The summed E-state index contributed by atoms with van der Waals surface area (Å²) in [6.07, 6.45) is 34.0. The molecular formula is C63H96N2O7S2. The normalized spacial score (nSPS) is 20.4. The molecule has 0 aromatic rings. The summed E-state index contributed by atoms with van der Waals surface area (Å²) in [4.78, 5) is 63.4. The van der Waals surface area contributed by atoms with Crippen LogP contribution in [0.5, 0.6) is 0 Å². The second kappa shape index (κ2) is 37.3. The van der Waals surface area contributed by atoms with Crippen LogP contribution < -0.4 is 10.6 Å². The molecule has 0 aromatic carbocycles. The Morgan fingerprint density at radius 2 is 1.11 bits per heavy atom. The molecule has 9 nitrogen and oxygen atoms in total. The highest BCUT2D eigenvalue weighted by atomic mass is 33.1. The van der Waals surface area contributed by atoms with Crippen molar-refractivity contribution in [2.24, 2.45) is 53.3 Å². The first-order valence-corrected chi connectivity index (χ1v) is 29.5. The van der Waals surface area contributed by atoms with Crippen molar-refractivity contribution in [2.75, 3.05) is 24.6 Å². The number of allylic oxidation sites excluding steroid dienone is 17. The largest absolute Gasteiger partial charge is 0.454 e. The molecule has 2 amide bonds. The van der Waals surface area contributed by atoms with Crippen LogP contribution in [0.2, 0.25) is 0 Å². The fraction of sp³-hybridized carbons (Fsp3) is 0.571. The molecule has 0 saturated heterocycles. The van der Waals surface area contributed by atoms with Gasteiger partial charge in [0.1, 0.15) is 17.7 Å². The average molecular weight is 1060 g/mol. The van der Waals surface area contributed by atoms with Crippen LogP contribution in [-0.2, 0) is 28.7 Å². The van der Waals surface area contributed by atoms with Gasteiger partial charge in [0.15, 0.2) is 0 Å². The fourth-order valence-corrected chi connectivity index (χ4v) is 10.7. The van der Waals surface area contributed by atoms with Gasteiger partial charge in [0, 0.05) is 72.9 Å². The van der Waals surface area contributed by atoms with Crippen LogP contribution in [0.15, 0.2) is 131 Å². The van der Waals surface area contributed by atoms with E-state index in [4.69, 9.17) is 4.74 Å². The molecule has 1 rings (SSSR count). The first-order chi connectivity index (χ1) is 34.8. The molecule has 1 heterocycles. The third-order valence-electron chi connectivity index (χ3n) is 13.3. The van der Waals surface area contributed by atoms with Crippen molar-refractivity contribution in [3.05, 3.63) is 131 Å². The number of carbonyl (C=O) groups excluding carboxylic acids is 5. The van der Waals surface area contributed by atoms with Crippen LogP contribution in [0.25, 0.3) is 0 Å². The van der Waals surface area contributed by atoms with Crippen LogP contribution in [0.4, 0.5) is 0 Å². The van der Waals surface area contributed by atoms with Gasteiger partial charge in [-0.25, -0.2) is 4.79 Å². The smallest absolute Gasteiger partial charge is 0.331 e. The predicted octanol–water partition coefficient (Wildman–Crippen LogP) is 14.2. The molecule has 11 heteroatoms. The quantitative estimate of drug-likeness (QED) is 0.0189. The Balaban J connectivity index is 2.40. The van der Waals surface area contributed by atoms with Gasteiger partial charge in [-0.2, -0.15) is 0 Å². The molecule has 1 aliphatic heterocycles. The molecule has 0 aromatic heterocycles. The Bertz CT molecular complexity index is 2150. The number of hydrogen-bond donors (Lipinski definition) is 3. The van der Waals surface area contributed by atoms with Gasteiger partial charge in [0.2, 0.25) is 11.8 Å². The van der Waals surface area contributed by atoms with Gasteiger partial charge in [-0.15, -0.1) is 0 Å².